The van der Waals surface area contributed by atoms with E-state index in [9.17, 15) is 0 Å². The minimum Gasteiger partial charge on any atom is -0.384 e. The number of nitrogens with two attached hydrogens (primary N) is 1. The lowest BCUT2D eigenvalue weighted by Crippen LogP contribution is -2.25. The fourth-order valence-electron chi connectivity index (χ4n) is 3.14. The van der Waals surface area contributed by atoms with Crippen molar-refractivity contribution < 1.29 is 0 Å². The molecule has 0 amide bonds. The minimum absolute atomic E-state index is 0.577. The summed E-state index contributed by atoms with van der Waals surface area (Å²) in [7, 11) is 1.72. The van der Waals surface area contributed by atoms with Gasteiger partial charge in [-0.2, -0.15) is 0 Å². The summed E-state index contributed by atoms with van der Waals surface area (Å²) in [5, 5.41) is 1.24. The second kappa shape index (κ2) is 7.99. The molecule has 4 nitrogen and oxygen atoms in total. The standard InChI is InChI=1S/C21H26N4/c1-3-25(15-16-7-5-4-6-8-16)12-11-18-14-24-20-10-9-17(13-19(18)20)21(22)23-2/h4-10,13-14,24H,3,11-12,15H2,1-2H3,(H2,22,23). The highest BCUT2D eigenvalue weighted by Gasteiger charge is 2.09. The van der Waals surface area contributed by atoms with Gasteiger partial charge in [0.25, 0.3) is 0 Å². The molecule has 0 radical (unpaired) electrons. The van der Waals surface area contributed by atoms with Crippen LogP contribution < -0.4 is 5.73 Å². The molecule has 3 aromatic rings. The molecule has 1 heterocycles. The van der Waals surface area contributed by atoms with Gasteiger partial charge in [0.2, 0.25) is 0 Å². The maximum Gasteiger partial charge on any atom is 0.125 e. The molecule has 4 heteroatoms. The Labute approximate surface area is 149 Å². The fraction of sp³-hybridized carbons (Fsp3) is 0.286. The number of rotatable bonds is 7. The Balaban J connectivity index is 1.73. The van der Waals surface area contributed by atoms with E-state index in [-0.39, 0.29) is 0 Å². The highest BCUT2D eigenvalue weighted by Crippen LogP contribution is 2.21. The van der Waals surface area contributed by atoms with Gasteiger partial charge in [-0.3, -0.25) is 9.89 Å². The number of nitrogens with one attached hydrogen (secondary N) is 1. The number of hydrogen-bond donors (Lipinski definition) is 2. The lowest BCUT2D eigenvalue weighted by Gasteiger charge is -2.20. The fourth-order valence-corrected chi connectivity index (χ4v) is 3.14. The number of aromatic amines is 1. The van der Waals surface area contributed by atoms with Gasteiger partial charge in [-0.05, 0) is 42.3 Å². The first-order valence-electron chi connectivity index (χ1n) is 8.80. The first-order valence-corrected chi connectivity index (χ1v) is 8.80. The van der Waals surface area contributed by atoms with E-state index < -0.39 is 0 Å². The van der Waals surface area contributed by atoms with Gasteiger partial charge in [0.15, 0.2) is 0 Å². The Bertz CT molecular complexity index is 849. The summed E-state index contributed by atoms with van der Waals surface area (Å²) in [6.07, 6.45) is 3.12. The molecule has 0 saturated heterocycles. The van der Waals surface area contributed by atoms with Crippen LogP contribution in [0.3, 0.4) is 0 Å². The average Bonchev–Trinajstić information content (AvgIpc) is 3.07. The van der Waals surface area contributed by atoms with Crippen LogP contribution in [0.25, 0.3) is 10.9 Å². The highest BCUT2D eigenvalue weighted by molar-refractivity contribution is 6.01. The average molecular weight is 334 g/mol. The van der Waals surface area contributed by atoms with Crippen molar-refractivity contribution in [3.8, 4) is 0 Å². The zero-order chi connectivity index (χ0) is 17.6. The third-order valence-electron chi connectivity index (χ3n) is 4.70. The molecule has 0 aliphatic carbocycles. The van der Waals surface area contributed by atoms with Crippen molar-refractivity contribution in [1.82, 2.24) is 9.88 Å². The number of aromatic nitrogens is 1. The van der Waals surface area contributed by atoms with E-state index in [1.807, 2.05) is 6.07 Å². The zero-order valence-electron chi connectivity index (χ0n) is 15.0. The van der Waals surface area contributed by atoms with Crippen molar-refractivity contribution in [2.75, 3.05) is 20.1 Å². The summed E-state index contributed by atoms with van der Waals surface area (Å²) in [5.41, 5.74) is 10.8. The van der Waals surface area contributed by atoms with E-state index in [1.54, 1.807) is 7.05 Å². The first-order chi connectivity index (χ1) is 12.2. The number of aliphatic imine (C=N–C) groups is 1. The van der Waals surface area contributed by atoms with Crippen molar-refractivity contribution in [1.29, 1.82) is 0 Å². The van der Waals surface area contributed by atoms with Crippen molar-refractivity contribution in [3.63, 3.8) is 0 Å². The molecule has 130 valence electrons. The molecular formula is C21H26N4. The largest absolute Gasteiger partial charge is 0.384 e. The van der Waals surface area contributed by atoms with Gasteiger partial charge >= 0.3 is 0 Å². The third-order valence-corrected chi connectivity index (χ3v) is 4.70. The number of hydrogen-bond acceptors (Lipinski definition) is 2. The Hall–Kier alpha value is -2.59. The van der Waals surface area contributed by atoms with Crippen LogP contribution in [0, 0.1) is 0 Å². The van der Waals surface area contributed by atoms with Crippen LogP contribution in [0.15, 0.2) is 59.7 Å². The number of nitrogens with zero attached hydrogens (tertiary/aromatic N) is 2. The second-order valence-corrected chi connectivity index (χ2v) is 6.29. The monoisotopic (exact) mass is 334 g/mol. The summed E-state index contributed by atoms with van der Waals surface area (Å²) in [5.74, 6) is 0.577. The number of likely N-dealkylation sites (N-methyl/N-ethyl adjacent to an activating group) is 1. The van der Waals surface area contributed by atoms with Crippen molar-refractivity contribution in [2.45, 2.75) is 19.9 Å². The number of amidine groups is 1. The van der Waals surface area contributed by atoms with E-state index >= 15 is 0 Å². The molecule has 0 fully saturated rings. The van der Waals surface area contributed by atoms with Crippen LogP contribution in [-0.4, -0.2) is 35.9 Å². The predicted molar refractivity (Wildman–Crippen MR) is 106 cm³/mol. The van der Waals surface area contributed by atoms with Gasteiger partial charge in [0.1, 0.15) is 5.84 Å². The van der Waals surface area contributed by atoms with Crippen LogP contribution in [0.4, 0.5) is 0 Å². The van der Waals surface area contributed by atoms with Gasteiger partial charge in [-0.1, -0.05) is 37.3 Å². The normalized spacial score (nSPS) is 12.2. The van der Waals surface area contributed by atoms with E-state index in [2.05, 4.69) is 70.5 Å². The zero-order valence-corrected chi connectivity index (χ0v) is 15.0. The Morgan fingerprint density at radius 2 is 1.96 bits per heavy atom. The third kappa shape index (κ3) is 4.09. The smallest absolute Gasteiger partial charge is 0.125 e. The Morgan fingerprint density at radius 3 is 2.68 bits per heavy atom. The number of fused-ring (bicyclic) bond motifs is 1. The van der Waals surface area contributed by atoms with E-state index in [4.69, 9.17) is 5.73 Å². The quantitative estimate of drug-likeness (QED) is 0.513. The summed E-state index contributed by atoms with van der Waals surface area (Å²) in [6, 6.07) is 16.9. The molecule has 0 atom stereocenters. The lowest BCUT2D eigenvalue weighted by atomic mass is 10.1. The first kappa shape index (κ1) is 17.2. The molecule has 1 aromatic heterocycles. The molecule has 3 N–H and O–H groups in total. The van der Waals surface area contributed by atoms with Gasteiger partial charge in [-0.25, -0.2) is 0 Å². The van der Waals surface area contributed by atoms with Crippen LogP contribution in [-0.2, 0) is 13.0 Å². The summed E-state index contributed by atoms with van der Waals surface area (Å²) in [4.78, 5) is 9.93. The molecule has 0 unspecified atom stereocenters. The molecule has 0 bridgehead atoms. The lowest BCUT2D eigenvalue weighted by molar-refractivity contribution is 0.284. The molecule has 0 aliphatic rings. The SMILES string of the molecule is CCN(CCc1c[nH]c2ccc(C(N)=NC)cc12)Cc1ccccc1. The molecule has 2 aromatic carbocycles. The molecule has 0 spiro atoms. The van der Waals surface area contributed by atoms with Gasteiger partial charge < -0.3 is 10.7 Å². The summed E-state index contributed by atoms with van der Waals surface area (Å²) < 4.78 is 0. The van der Waals surface area contributed by atoms with Crippen molar-refractivity contribution >= 4 is 16.7 Å². The highest BCUT2D eigenvalue weighted by atomic mass is 15.1. The van der Waals surface area contributed by atoms with E-state index in [1.165, 1.54) is 16.5 Å². The van der Waals surface area contributed by atoms with Gasteiger partial charge in [0.05, 0.1) is 0 Å². The molecule has 0 aliphatic heterocycles. The molecule has 3 rings (SSSR count). The number of H-pyrrole nitrogens is 1. The topological polar surface area (TPSA) is 57.4 Å². The van der Waals surface area contributed by atoms with Crippen LogP contribution in [0.5, 0.6) is 0 Å². The van der Waals surface area contributed by atoms with Crippen molar-refractivity contribution in [2.24, 2.45) is 10.7 Å². The molecular weight excluding hydrogens is 308 g/mol. The van der Waals surface area contributed by atoms with E-state index in [0.29, 0.717) is 5.84 Å². The van der Waals surface area contributed by atoms with E-state index in [0.717, 1.165) is 37.1 Å². The summed E-state index contributed by atoms with van der Waals surface area (Å²) >= 11 is 0. The maximum absolute atomic E-state index is 5.97. The number of benzene rings is 2. The maximum atomic E-state index is 5.97. The van der Waals surface area contributed by atoms with Crippen LogP contribution in [0.2, 0.25) is 0 Å². The van der Waals surface area contributed by atoms with Gasteiger partial charge in [-0.15, -0.1) is 0 Å². The van der Waals surface area contributed by atoms with Crippen LogP contribution in [0.1, 0.15) is 23.6 Å². The van der Waals surface area contributed by atoms with Crippen molar-refractivity contribution in [3.05, 3.63) is 71.4 Å². The molecule has 0 saturated carbocycles. The minimum atomic E-state index is 0.577. The Kier molecular flexibility index (Phi) is 5.51. The van der Waals surface area contributed by atoms with Gasteiger partial charge in [0, 0.05) is 42.8 Å². The second-order valence-electron chi connectivity index (χ2n) is 6.29. The molecule has 25 heavy (non-hydrogen) atoms. The Morgan fingerprint density at radius 1 is 1.16 bits per heavy atom. The van der Waals surface area contributed by atoms with Crippen LogP contribution >= 0.6 is 0 Å². The predicted octanol–water partition coefficient (Wildman–Crippen LogP) is 3.57. The summed E-state index contributed by atoms with van der Waals surface area (Å²) in [6.45, 7) is 5.27.